The number of hydrogen-bond acceptors (Lipinski definition) is 4. The molecule has 0 spiro atoms. The van der Waals surface area contributed by atoms with E-state index in [-0.39, 0.29) is 24.0 Å². The Bertz CT molecular complexity index is 572. The summed E-state index contributed by atoms with van der Waals surface area (Å²) in [6.07, 6.45) is 13.1. The van der Waals surface area contributed by atoms with Crippen LogP contribution in [-0.2, 0) is 0 Å². The van der Waals surface area contributed by atoms with Gasteiger partial charge in [0, 0.05) is 38.4 Å². The number of pyridine rings is 1. The number of rotatable bonds is 8. The van der Waals surface area contributed by atoms with Crippen LogP contribution in [0.1, 0.15) is 51.9 Å². The Morgan fingerprint density at radius 2 is 2.00 bits per heavy atom. The van der Waals surface area contributed by atoms with Gasteiger partial charge in [-0.1, -0.05) is 19.3 Å². The number of guanidine groups is 1. The molecular weight excluding hydrogens is 477 g/mol. The monoisotopic (exact) mass is 515 g/mol. The third-order valence-electron chi connectivity index (χ3n) is 5.78. The fourth-order valence-electron chi connectivity index (χ4n) is 4.26. The molecule has 2 heterocycles. The SMILES string of the molecule is CCNC(=NCCOc1cccnc1)NC1CCN(CC2CCCCC2)CC1.I. The molecule has 1 saturated heterocycles. The zero-order valence-corrected chi connectivity index (χ0v) is 20.1. The van der Waals surface area contributed by atoms with E-state index in [2.05, 4.69) is 32.4 Å². The molecule has 1 aromatic heterocycles. The first-order valence-corrected chi connectivity index (χ1v) is 11.1. The zero-order chi connectivity index (χ0) is 19.4. The second kappa shape index (κ2) is 14.0. The van der Waals surface area contributed by atoms with Crippen molar-refractivity contribution in [2.45, 2.75) is 57.9 Å². The molecule has 6 nitrogen and oxygen atoms in total. The number of halogens is 1. The number of nitrogens with zero attached hydrogens (tertiary/aromatic N) is 3. The third kappa shape index (κ3) is 9.07. The van der Waals surface area contributed by atoms with Crippen LogP contribution in [-0.4, -0.2) is 61.2 Å². The van der Waals surface area contributed by atoms with Crippen molar-refractivity contribution in [2.24, 2.45) is 10.9 Å². The molecule has 0 aromatic carbocycles. The number of nitrogens with one attached hydrogen (secondary N) is 2. The molecule has 1 saturated carbocycles. The van der Waals surface area contributed by atoms with Gasteiger partial charge >= 0.3 is 0 Å². The highest BCUT2D eigenvalue weighted by Crippen LogP contribution is 2.25. The fourth-order valence-corrected chi connectivity index (χ4v) is 4.26. The van der Waals surface area contributed by atoms with Crippen molar-refractivity contribution in [3.63, 3.8) is 0 Å². The highest BCUT2D eigenvalue weighted by atomic mass is 127. The van der Waals surface area contributed by atoms with Crippen molar-refractivity contribution in [3.8, 4) is 5.75 Å². The molecule has 1 aliphatic carbocycles. The Labute approximate surface area is 193 Å². The molecule has 29 heavy (non-hydrogen) atoms. The number of piperidine rings is 1. The number of aromatic nitrogens is 1. The van der Waals surface area contributed by atoms with E-state index in [4.69, 9.17) is 4.74 Å². The summed E-state index contributed by atoms with van der Waals surface area (Å²) >= 11 is 0. The normalized spacial score (nSPS) is 19.4. The Morgan fingerprint density at radius 1 is 1.21 bits per heavy atom. The zero-order valence-electron chi connectivity index (χ0n) is 17.8. The van der Waals surface area contributed by atoms with E-state index in [1.165, 1.54) is 64.6 Å². The third-order valence-corrected chi connectivity index (χ3v) is 5.78. The van der Waals surface area contributed by atoms with Crippen LogP contribution >= 0.6 is 24.0 Å². The lowest BCUT2D eigenvalue weighted by Gasteiger charge is -2.36. The highest BCUT2D eigenvalue weighted by molar-refractivity contribution is 14.0. The average molecular weight is 515 g/mol. The summed E-state index contributed by atoms with van der Waals surface area (Å²) in [6.45, 7) is 7.89. The minimum atomic E-state index is 0. The van der Waals surface area contributed by atoms with Crippen LogP contribution in [0.2, 0.25) is 0 Å². The average Bonchev–Trinajstić information content (AvgIpc) is 2.74. The topological polar surface area (TPSA) is 61.8 Å². The van der Waals surface area contributed by atoms with Gasteiger partial charge in [0.05, 0.1) is 12.7 Å². The molecule has 2 fully saturated rings. The lowest BCUT2D eigenvalue weighted by atomic mass is 9.88. The molecular formula is C22H38IN5O. The Hall–Kier alpha value is -1.09. The van der Waals surface area contributed by atoms with Gasteiger partial charge in [0.1, 0.15) is 12.4 Å². The predicted molar refractivity (Wildman–Crippen MR) is 130 cm³/mol. The molecule has 7 heteroatoms. The van der Waals surface area contributed by atoms with Crippen molar-refractivity contribution < 1.29 is 4.74 Å². The number of ether oxygens (including phenoxy) is 1. The Kier molecular flexibility index (Phi) is 11.7. The van der Waals surface area contributed by atoms with Crippen LogP contribution in [0, 0.1) is 5.92 Å². The Balaban J connectivity index is 0.00000300. The lowest BCUT2D eigenvalue weighted by Crippen LogP contribution is -2.49. The minimum absolute atomic E-state index is 0. The summed E-state index contributed by atoms with van der Waals surface area (Å²) in [5.41, 5.74) is 0. The first kappa shape index (κ1) is 24.2. The molecule has 164 valence electrons. The van der Waals surface area contributed by atoms with E-state index in [1.54, 1.807) is 12.4 Å². The van der Waals surface area contributed by atoms with Gasteiger partial charge in [0.25, 0.3) is 0 Å². The second-order valence-electron chi connectivity index (χ2n) is 8.02. The number of hydrogen-bond donors (Lipinski definition) is 2. The van der Waals surface area contributed by atoms with Gasteiger partial charge in [-0.15, -0.1) is 24.0 Å². The van der Waals surface area contributed by atoms with Crippen LogP contribution in [0.4, 0.5) is 0 Å². The molecule has 2 aliphatic rings. The van der Waals surface area contributed by atoms with Crippen molar-refractivity contribution in [1.82, 2.24) is 20.5 Å². The predicted octanol–water partition coefficient (Wildman–Crippen LogP) is 3.68. The molecule has 1 aromatic rings. The minimum Gasteiger partial charge on any atom is -0.490 e. The van der Waals surface area contributed by atoms with Gasteiger partial charge in [0.2, 0.25) is 0 Å². The largest absolute Gasteiger partial charge is 0.490 e. The van der Waals surface area contributed by atoms with Crippen LogP contribution in [0.25, 0.3) is 0 Å². The summed E-state index contributed by atoms with van der Waals surface area (Å²) < 4.78 is 5.68. The molecule has 0 amide bonds. The second-order valence-corrected chi connectivity index (χ2v) is 8.02. The summed E-state index contributed by atoms with van der Waals surface area (Å²) in [5, 5.41) is 6.99. The molecule has 3 rings (SSSR count). The maximum absolute atomic E-state index is 5.68. The first-order valence-electron chi connectivity index (χ1n) is 11.1. The molecule has 0 unspecified atom stereocenters. The maximum atomic E-state index is 5.68. The first-order chi connectivity index (χ1) is 13.8. The van der Waals surface area contributed by atoms with Crippen LogP contribution in [0.15, 0.2) is 29.5 Å². The van der Waals surface area contributed by atoms with Gasteiger partial charge in [-0.2, -0.15) is 0 Å². The van der Waals surface area contributed by atoms with Crippen LogP contribution < -0.4 is 15.4 Å². The van der Waals surface area contributed by atoms with Gasteiger partial charge in [-0.3, -0.25) is 4.98 Å². The molecule has 0 bridgehead atoms. The molecule has 2 N–H and O–H groups in total. The van der Waals surface area contributed by atoms with E-state index in [0.29, 0.717) is 19.2 Å². The van der Waals surface area contributed by atoms with E-state index in [9.17, 15) is 0 Å². The van der Waals surface area contributed by atoms with Crippen LogP contribution in [0.5, 0.6) is 5.75 Å². The molecule has 1 aliphatic heterocycles. The van der Waals surface area contributed by atoms with Crippen molar-refractivity contribution in [2.75, 3.05) is 39.3 Å². The fraction of sp³-hybridized carbons (Fsp3) is 0.727. The quantitative estimate of drug-likeness (QED) is 0.240. The molecule has 0 atom stereocenters. The van der Waals surface area contributed by atoms with E-state index < -0.39 is 0 Å². The summed E-state index contributed by atoms with van der Waals surface area (Å²) in [7, 11) is 0. The summed E-state index contributed by atoms with van der Waals surface area (Å²) in [6, 6.07) is 4.31. The van der Waals surface area contributed by atoms with E-state index >= 15 is 0 Å². The van der Waals surface area contributed by atoms with Crippen molar-refractivity contribution >= 4 is 29.9 Å². The van der Waals surface area contributed by atoms with Crippen LogP contribution in [0.3, 0.4) is 0 Å². The van der Waals surface area contributed by atoms with Crippen molar-refractivity contribution in [1.29, 1.82) is 0 Å². The lowest BCUT2D eigenvalue weighted by molar-refractivity contribution is 0.160. The molecule has 0 radical (unpaired) electrons. The summed E-state index contributed by atoms with van der Waals surface area (Å²) in [5.74, 6) is 2.64. The number of aliphatic imine (C=N–C) groups is 1. The highest BCUT2D eigenvalue weighted by Gasteiger charge is 2.23. The smallest absolute Gasteiger partial charge is 0.191 e. The van der Waals surface area contributed by atoms with Gasteiger partial charge in [-0.25, -0.2) is 4.99 Å². The van der Waals surface area contributed by atoms with Gasteiger partial charge < -0.3 is 20.3 Å². The van der Waals surface area contributed by atoms with Crippen molar-refractivity contribution in [3.05, 3.63) is 24.5 Å². The number of likely N-dealkylation sites (tertiary alicyclic amines) is 1. The Morgan fingerprint density at radius 3 is 2.69 bits per heavy atom. The van der Waals surface area contributed by atoms with E-state index in [1.807, 2.05) is 12.1 Å². The standard InChI is InChI=1S/C22H37N5O.HI/c1-2-24-22(25-13-16-28-21-9-6-12-23-17-21)26-20-10-14-27(15-11-20)18-19-7-4-3-5-8-19;/h6,9,12,17,19-20H,2-5,7-8,10-11,13-16,18H2,1H3,(H2,24,25,26);1H. The van der Waals surface area contributed by atoms with Gasteiger partial charge in [0.15, 0.2) is 5.96 Å². The summed E-state index contributed by atoms with van der Waals surface area (Å²) in [4.78, 5) is 11.4. The van der Waals surface area contributed by atoms with Gasteiger partial charge in [-0.05, 0) is 50.7 Å². The van der Waals surface area contributed by atoms with E-state index in [0.717, 1.165) is 24.2 Å². The maximum Gasteiger partial charge on any atom is 0.191 e.